The lowest BCUT2D eigenvalue weighted by Crippen LogP contribution is -2.45. The molecule has 2 aromatic heterocycles. The molecule has 1 unspecified atom stereocenters. The molecule has 0 bridgehead atoms. The summed E-state index contributed by atoms with van der Waals surface area (Å²) in [6.07, 6.45) is 2.86. The highest BCUT2D eigenvalue weighted by atomic mass is 79.9. The van der Waals surface area contributed by atoms with Crippen LogP contribution in [0.25, 0.3) is 16.9 Å². The molecule has 0 aliphatic heterocycles. The van der Waals surface area contributed by atoms with Gasteiger partial charge in [0.1, 0.15) is 5.82 Å². The summed E-state index contributed by atoms with van der Waals surface area (Å²) >= 11 is 9.02. The zero-order valence-corrected chi connectivity index (χ0v) is 21.3. The molecule has 0 fully saturated rings. The zero-order chi connectivity index (χ0) is 23.9. The predicted molar refractivity (Wildman–Crippen MR) is 136 cm³/mol. The van der Waals surface area contributed by atoms with Gasteiger partial charge in [0.25, 0.3) is 0 Å². The fourth-order valence-corrected chi connectivity index (χ4v) is 4.45. The predicted octanol–water partition coefficient (Wildman–Crippen LogP) is 4.26. The molecule has 2 heterocycles. The van der Waals surface area contributed by atoms with E-state index in [1.165, 1.54) is 5.56 Å². The van der Waals surface area contributed by atoms with Gasteiger partial charge in [0.15, 0.2) is 23.6 Å². The second-order valence-electron chi connectivity index (χ2n) is 7.95. The van der Waals surface area contributed by atoms with Crippen LogP contribution >= 0.6 is 15.9 Å². The van der Waals surface area contributed by atoms with Crippen LogP contribution in [0.2, 0.25) is 5.02 Å². The Morgan fingerprint density at radius 1 is 1.09 bits per heavy atom. The van der Waals surface area contributed by atoms with Gasteiger partial charge < -0.3 is 10.4 Å². The molecule has 9 heteroatoms. The number of anilines is 1. The van der Waals surface area contributed by atoms with Crippen LogP contribution in [0.1, 0.15) is 31.4 Å². The number of fused-ring (bicyclic) bond motifs is 1. The average molecular weight is 545 g/mol. The normalized spacial score (nSPS) is 13.2. The monoisotopic (exact) mass is 543 g/mol. The van der Waals surface area contributed by atoms with Crippen molar-refractivity contribution in [3.8, 4) is 11.3 Å². The molecule has 4 aromatic rings. The zero-order valence-electron chi connectivity index (χ0n) is 18.9. The Kier molecular flexibility index (Phi) is 8.53. The number of halogens is 2. The number of nitrogens with zero attached hydrogens (tertiary/aromatic N) is 3. The molecule has 7 nitrogen and oxygen atoms in total. The lowest BCUT2D eigenvalue weighted by Gasteiger charge is -2.23. The molecule has 4 rings (SSSR count). The first-order valence-corrected chi connectivity index (χ1v) is 12.5. The second-order valence-corrected chi connectivity index (χ2v) is 9.25. The highest BCUT2D eigenvalue weighted by Gasteiger charge is 2.16. The smallest absolute Gasteiger partial charge is 0.234 e. The van der Waals surface area contributed by atoms with E-state index in [1.807, 2.05) is 48.5 Å². The van der Waals surface area contributed by atoms with E-state index >= 15 is 0 Å². The maximum Gasteiger partial charge on any atom is 0.234 e. The number of aromatic nitrogens is 3. The van der Waals surface area contributed by atoms with Crippen molar-refractivity contribution < 1.29 is 16.7 Å². The standard InChI is InChI=1S/C25H29BrClN6O/c1-2-8-21(17-9-4-3-5-10-17)32-25(34)29-14-13-28-23-15-22(18-11-6-7-12-20(18)27)31-24-19(26)16-30-33(23)24/h3-7,9-12,15-16,21,25,27-29,32,34H,2,8,13-14H2,1H3/q+1/t21-,25?/m1/s1. The van der Waals surface area contributed by atoms with Gasteiger partial charge in [-0.2, -0.15) is 9.61 Å². The van der Waals surface area contributed by atoms with Crippen LogP contribution in [0.4, 0.5) is 5.82 Å². The van der Waals surface area contributed by atoms with Gasteiger partial charge in [-0.3, -0.25) is 10.6 Å². The molecule has 0 aliphatic rings. The first kappa shape index (κ1) is 24.6. The first-order chi connectivity index (χ1) is 16.6. The van der Waals surface area contributed by atoms with Crippen LogP contribution in [0.5, 0.6) is 0 Å². The van der Waals surface area contributed by atoms with Gasteiger partial charge in [-0.05, 0) is 34.0 Å². The Balaban J connectivity index is 1.40. The quantitative estimate of drug-likeness (QED) is 0.167. The van der Waals surface area contributed by atoms with Crippen molar-refractivity contribution in [2.24, 2.45) is 0 Å². The van der Waals surface area contributed by atoms with E-state index in [0.29, 0.717) is 18.7 Å². The Morgan fingerprint density at radius 2 is 1.85 bits per heavy atom. The third kappa shape index (κ3) is 5.95. The number of aliphatic hydroxyl groups is 1. The van der Waals surface area contributed by atoms with Gasteiger partial charge in [-0.1, -0.05) is 55.8 Å². The van der Waals surface area contributed by atoms with Gasteiger partial charge in [0.2, 0.25) is 5.02 Å². The summed E-state index contributed by atoms with van der Waals surface area (Å²) < 4.78 is 2.56. The molecule has 34 heavy (non-hydrogen) atoms. The van der Waals surface area contributed by atoms with Crippen molar-refractivity contribution >= 4 is 27.4 Å². The lowest BCUT2D eigenvalue weighted by atomic mass is 10.0. The fourth-order valence-electron chi connectivity index (χ4n) is 3.85. The maximum absolute atomic E-state index is 10.5. The SMILES string of the molecule is CCC[C@@H](NC(O)NCCNc1cc(-c2ccccc2[ClH+])nc2c(Br)cnn12)c1ccccc1. The number of hydrogen-bond donors (Lipinski definition) is 4. The fraction of sp³-hybridized carbons (Fsp3) is 0.280. The van der Waals surface area contributed by atoms with Crippen molar-refractivity contribution in [3.05, 3.63) is 81.9 Å². The summed E-state index contributed by atoms with van der Waals surface area (Å²) in [5.41, 5.74) is 3.55. The molecule has 0 aliphatic carbocycles. The van der Waals surface area contributed by atoms with E-state index in [1.54, 1.807) is 10.7 Å². The van der Waals surface area contributed by atoms with E-state index in [0.717, 1.165) is 39.4 Å². The highest BCUT2D eigenvalue weighted by molar-refractivity contribution is 9.10. The minimum Gasteiger partial charge on any atom is -0.369 e. The second kappa shape index (κ2) is 11.8. The Labute approximate surface area is 212 Å². The Bertz CT molecular complexity index is 1220. The summed E-state index contributed by atoms with van der Waals surface area (Å²) in [7, 11) is 0. The Morgan fingerprint density at radius 3 is 2.62 bits per heavy atom. The van der Waals surface area contributed by atoms with Gasteiger partial charge in [-0.15, -0.1) is 0 Å². The van der Waals surface area contributed by atoms with Gasteiger partial charge >= 0.3 is 0 Å². The molecule has 0 radical (unpaired) electrons. The number of rotatable bonds is 11. The van der Waals surface area contributed by atoms with Gasteiger partial charge in [0.05, 0.1) is 21.9 Å². The molecule has 178 valence electrons. The van der Waals surface area contributed by atoms with Gasteiger partial charge in [0, 0.05) is 31.3 Å². The third-order valence-corrected chi connectivity index (χ3v) is 6.41. The molecule has 2 aromatic carbocycles. The van der Waals surface area contributed by atoms with E-state index in [4.69, 9.17) is 16.6 Å². The van der Waals surface area contributed by atoms with Crippen LogP contribution in [0.15, 0.2) is 71.3 Å². The molecule has 0 saturated heterocycles. The lowest BCUT2D eigenvalue weighted by molar-refractivity contribution is -0.287. The maximum atomic E-state index is 10.5. The molecule has 0 saturated carbocycles. The summed E-state index contributed by atoms with van der Waals surface area (Å²) in [5, 5.41) is 25.5. The summed E-state index contributed by atoms with van der Waals surface area (Å²) in [4.78, 5) is 4.74. The van der Waals surface area contributed by atoms with Crippen LogP contribution < -0.4 is 16.0 Å². The van der Waals surface area contributed by atoms with Crippen molar-refractivity contribution in [3.63, 3.8) is 0 Å². The largest absolute Gasteiger partial charge is 0.369 e. The third-order valence-electron chi connectivity index (χ3n) is 5.50. The summed E-state index contributed by atoms with van der Waals surface area (Å²) in [5.74, 6) is 0.793. The first-order valence-electron chi connectivity index (χ1n) is 11.3. The number of hydrogen-bond acceptors (Lipinski definition) is 6. The molecule has 2 atom stereocenters. The molecule has 0 amide bonds. The van der Waals surface area contributed by atoms with Crippen LogP contribution in [-0.2, 0) is 0 Å². The summed E-state index contributed by atoms with van der Waals surface area (Å²) in [6.45, 7) is 3.26. The number of aliphatic hydroxyl groups excluding tert-OH is 1. The van der Waals surface area contributed by atoms with Gasteiger partial charge in [-0.25, -0.2) is 4.98 Å². The number of nitrogens with one attached hydrogen (secondary N) is 3. The minimum absolute atomic E-state index is 0.0870. The van der Waals surface area contributed by atoms with Crippen LogP contribution in [0, 0.1) is 11.6 Å². The number of benzene rings is 2. The van der Waals surface area contributed by atoms with Crippen LogP contribution in [-0.4, -0.2) is 39.1 Å². The van der Waals surface area contributed by atoms with E-state index < -0.39 is 6.35 Å². The minimum atomic E-state index is -0.822. The molecule has 4 N–H and O–H groups in total. The summed E-state index contributed by atoms with van der Waals surface area (Å²) in [6, 6.07) is 20.0. The highest BCUT2D eigenvalue weighted by Crippen LogP contribution is 2.28. The van der Waals surface area contributed by atoms with E-state index in [-0.39, 0.29) is 6.04 Å². The van der Waals surface area contributed by atoms with E-state index in [2.05, 4.69) is 56.0 Å². The topological polar surface area (TPSA) is 86.5 Å². The van der Waals surface area contributed by atoms with E-state index in [9.17, 15) is 5.11 Å². The molecular formula is C25H29BrClN6O+. The Hall–Kier alpha value is -2.49. The van der Waals surface area contributed by atoms with Crippen molar-refractivity contribution in [1.82, 2.24) is 25.2 Å². The van der Waals surface area contributed by atoms with Crippen LogP contribution in [0.3, 0.4) is 0 Å². The molecule has 0 spiro atoms. The molecular weight excluding hydrogens is 516 g/mol. The average Bonchev–Trinajstić information content (AvgIpc) is 3.23. The van der Waals surface area contributed by atoms with Crippen molar-refractivity contribution in [2.45, 2.75) is 32.2 Å². The van der Waals surface area contributed by atoms with Crippen molar-refractivity contribution in [1.29, 1.82) is 0 Å². The van der Waals surface area contributed by atoms with Crippen molar-refractivity contribution in [2.75, 3.05) is 18.4 Å².